The van der Waals surface area contributed by atoms with E-state index in [2.05, 4.69) is 30.3 Å². The van der Waals surface area contributed by atoms with Crippen LogP contribution in [0.25, 0.3) is 11.0 Å². The van der Waals surface area contributed by atoms with E-state index in [4.69, 9.17) is 10.5 Å². The number of hydrogen-bond acceptors (Lipinski definition) is 3. The molecule has 0 spiro atoms. The minimum Gasteiger partial charge on any atom is -0.397 e. The fourth-order valence-electron chi connectivity index (χ4n) is 2.00. The van der Waals surface area contributed by atoms with Crippen LogP contribution in [-0.2, 0) is 16.9 Å². The SMILES string of the molecule is COCn1c(C(C)(C)C)nc2c(N)cccc21. The molecule has 2 rings (SSSR count). The Morgan fingerprint density at radius 2 is 2.06 bits per heavy atom. The van der Waals surface area contributed by atoms with E-state index in [1.807, 2.05) is 18.2 Å². The Morgan fingerprint density at radius 1 is 1.35 bits per heavy atom. The second-order valence-electron chi connectivity index (χ2n) is 5.25. The van der Waals surface area contributed by atoms with Crippen LogP contribution >= 0.6 is 0 Å². The molecule has 0 aliphatic heterocycles. The predicted octanol–water partition coefficient (Wildman–Crippen LogP) is 2.52. The number of para-hydroxylation sites is 1. The first-order valence-corrected chi connectivity index (χ1v) is 5.69. The molecular formula is C13H19N3O. The number of benzene rings is 1. The number of fused-ring (bicyclic) bond motifs is 1. The molecule has 0 atom stereocenters. The van der Waals surface area contributed by atoms with E-state index in [1.54, 1.807) is 7.11 Å². The van der Waals surface area contributed by atoms with Gasteiger partial charge in [-0.15, -0.1) is 0 Å². The third-order valence-corrected chi connectivity index (χ3v) is 2.74. The molecule has 0 bridgehead atoms. The first-order chi connectivity index (χ1) is 7.95. The lowest BCUT2D eigenvalue weighted by molar-refractivity contribution is 0.129. The molecule has 0 saturated heterocycles. The summed E-state index contributed by atoms with van der Waals surface area (Å²) in [5.41, 5.74) is 8.52. The second-order valence-corrected chi connectivity index (χ2v) is 5.25. The van der Waals surface area contributed by atoms with Crippen LogP contribution in [0, 0.1) is 0 Å². The molecule has 0 aliphatic carbocycles. The lowest BCUT2D eigenvalue weighted by Gasteiger charge is -2.19. The van der Waals surface area contributed by atoms with Crippen molar-refractivity contribution in [2.45, 2.75) is 32.9 Å². The quantitative estimate of drug-likeness (QED) is 0.811. The van der Waals surface area contributed by atoms with Crippen molar-refractivity contribution in [1.29, 1.82) is 0 Å². The lowest BCUT2D eigenvalue weighted by atomic mass is 9.96. The van der Waals surface area contributed by atoms with Gasteiger partial charge in [-0.2, -0.15) is 0 Å². The number of anilines is 1. The van der Waals surface area contributed by atoms with Gasteiger partial charge in [0.2, 0.25) is 0 Å². The summed E-state index contributed by atoms with van der Waals surface area (Å²) in [5, 5.41) is 0. The Morgan fingerprint density at radius 3 is 2.65 bits per heavy atom. The number of nitrogens with two attached hydrogens (primary N) is 1. The smallest absolute Gasteiger partial charge is 0.124 e. The Balaban J connectivity index is 2.75. The van der Waals surface area contributed by atoms with Crippen molar-refractivity contribution in [1.82, 2.24) is 9.55 Å². The van der Waals surface area contributed by atoms with Crippen LogP contribution in [0.4, 0.5) is 5.69 Å². The fourth-order valence-corrected chi connectivity index (χ4v) is 2.00. The minimum absolute atomic E-state index is 0.0377. The van der Waals surface area contributed by atoms with Crippen molar-refractivity contribution in [2.75, 3.05) is 12.8 Å². The highest BCUT2D eigenvalue weighted by molar-refractivity contribution is 5.87. The van der Waals surface area contributed by atoms with Gasteiger partial charge in [0.15, 0.2) is 0 Å². The van der Waals surface area contributed by atoms with Crippen LogP contribution in [-0.4, -0.2) is 16.7 Å². The first-order valence-electron chi connectivity index (χ1n) is 5.69. The summed E-state index contributed by atoms with van der Waals surface area (Å²) in [6.45, 7) is 6.90. The number of ether oxygens (including phenoxy) is 1. The Kier molecular flexibility index (Phi) is 2.83. The molecule has 0 aliphatic rings. The maximum Gasteiger partial charge on any atom is 0.124 e. The molecule has 0 unspecified atom stereocenters. The van der Waals surface area contributed by atoms with Crippen molar-refractivity contribution in [2.24, 2.45) is 0 Å². The standard InChI is InChI=1S/C13H19N3O/c1-13(2,3)12-15-11-9(14)6-5-7-10(11)16(12)8-17-4/h5-7H,8,14H2,1-4H3. The predicted molar refractivity (Wildman–Crippen MR) is 69.9 cm³/mol. The molecule has 4 heteroatoms. The summed E-state index contributed by atoms with van der Waals surface area (Å²) >= 11 is 0. The molecule has 0 radical (unpaired) electrons. The van der Waals surface area contributed by atoms with Crippen molar-refractivity contribution in [3.8, 4) is 0 Å². The molecule has 1 heterocycles. The third kappa shape index (κ3) is 2.00. The van der Waals surface area contributed by atoms with Gasteiger partial charge in [-0.25, -0.2) is 4.98 Å². The first kappa shape index (κ1) is 11.9. The zero-order valence-electron chi connectivity index (χ0n) is 10.8. The largest absolute Gasteiger partial charge is 0.397 e. The Labute approximate surface area is 101 Å². The summed E-state index contributed by atoms with van der Waals surface area (Å²) in [5.74, 6) is 0.993. The number of hydrogen-bond donors (Lipinski definition) is 1. The van der Waals surface area contributed by atoms with Gasteiger partial charge < -0.3 is 15.0 Å². The molecular weight excluding hydrogens is 214 g/mol. The van der Waals surface area contributed by atoms with Crippen molar-refractivity contribution < 1.29 is 4.74 Å². The van der Waals surface area contributed by atoms with Crippen LogP contribution in [0.15, 0.2) is 18.2 Å². The highest BCUT2D eigenvalue weighted by Crippen LogP contribution is 2.28. The van der Waals surface area contributed by atoms with Gasteiger partial charge in [-0.1, -0.05) is 26.8 Å². The molecule has 0 saturated carbocycles. The van der Waals surface area contributed by atoms with E-state index in [9.17, 15) is 0 Å². The van der Waals surface area contributed by atoms with E-state index in [-0.39, 0.29) is 5.41 Å². The van der Waals surface area contributed by atoms with E-state index in [0.29, 0.717) is 12.4 Å². The molecule has 0 amide bonds. The van der Waals surface area contributed by atoms with Crippen LogP contribution in [0.1, 0.15) is 26.6 Å². The van der Waals surface area contributed by atoms with E-state index < -0.39 is 0 Å². The summed E-state index contributed by atoms with van der Waals surface area (Å²) < 4.78 is 7.33. The van der Waals surface area contributed by atoms with Gasteiger partial charge in [-0.3, -0.25) is 0 Å². The summed E-state index contributed by atoms with van der Waals surface area (Å²) in [6.07, 6.45) is 0. The van der Waals surface area contributed by atoms with Crippen molar-refractivity contribution >= 4 is 16.7 Å². The topological polar surface area (TPSA) is 53.1 Å². The normalized spacial score (nSPS) is 12.2. The van der Waals surface area contributed by atoms with Gasteiger partial charge in [0.25, 0.3) is 0 Å². The van der Waals surface area contributed by atoms with Gasteiger partial charge in [0.1, 0.15) is 18.1 Å². The average Bonchev–Trinajstić information content (AvgIpc) is 2.59. The van der Waals surface area contributed by atoms with Crippen molar-refractivity contribution in [3.05, 3.63) is 24.0 Å². The van der Waals surface area contributed by atoms with Crippen LogP contribution in [0.2, 0.25) is 0 Å². The maximum absolute atomic E-state index is 5.96. The minimum atomic E-state index is -0.0377. The van der Waals surface area contributed by atoms with E-state index >= 15 is 0 Å². The van der Waals surface area contributed by atoms with Crippen LogP contribution in [0.5, 0.6) is 0 Å². The highest BCUT2D eigenvalue weighted by Gasteiger charge is 2.23. The van der Waals surface area contributed by atoms with Gasteiger partial charge in [0, 0.05) is 12.5 Å². The number of rotatable bonds is 2. The maximum atomic E-state index is 5.96. The average molecular weight is 233 g/mol. The van der Waals surface area contributed by atoms with Crippen molar-refractivity contribution in [3.63, 3.8) is 0 Å². The zero-order chi connectivity index (χ0) is 12.6. The number of nitrogens with zero attached hydrogens (tertiary/aromatic N) is 2. The van der Waals surface area contributed by atoms with E-state index in [0.717, 1.165) is 16.9 Å². The lowest BCUT2D eigenvalue weighted by Crippen LogP contribution is -2.19. The molecule has 2 N–H and O–H groups in total. The number of nitrogen functional groups attached to an aromatic ring is 1. The van der Waals surface area contributed by atoms with Gasteiger partial charge in [-0.05, 0) is 12.1 Å². The number of aromatic nitrogens is 2. The highest BCUT2D eigenvalue weighted by atomic mass is 16.5. The Bertz CT molecular complexity index is 537. The van der Waals surface area contributed by atoms with Gasteiger partial charge in [0.05, 0.1) is 11.2 Å². The summed E-state index contributed by atoms with van der Waals surface area (Å²) in [4.78, 5) is 4.66. The van der Waals surface area contributed by atoms with E-state index in [1.165, 1.54) is 0 Å². The molecule has 1 aromatic heterocycles. The van der Waals surface area contributed by atoms with Crippen LogP contribution in [0.3, 0.4) is 0 Å². The third-order valence-electron chi connectivity index (χ3n) is 2.74. The Hall–Kier alpha value is -1.55. The summed E-state index contributed by atoms with van der Waals surface area (Å²) in [7, 11) is 1.69. The molecule has 2 aromatic rings. The fraction of sp³-hybridized carbons (Fsp3) is 0.462. The second kappa shape index (κ2) is 4.04. The monoisotopic (exact) mass is 233 g/mol. The molecule has 92 valence electrons. The molecule has 17 heavy (non-hydrogen) atoms. The van der Waals surface area contributed by atoms with Crippen LogP contribution < -0.4 is 5.73 Å². The zero-order valence-corrected chi connectivity index (χ0v) is 10.8. The summed E-state index contributed by atoms with van der Waals surface area (Å²) in [6, 6.07) is 5.84. The number of methoxy groups -OCH3 is 1. The van der Waals surface area contributed by atoms with Gasteiger partial charge >= 0.3 is 0 Å². The molecule has 0 fully saturated rings. The number of imidazole rings is 1. The molecule has 4 nitrogen and oxygen atoms in total. The molecule has 1 aromatic carbocycles.